The van der Waals surface area contributed by atoms with Crippen LogP contribution in [0.5, 0.6) is 0 Å². The van der Waals surface area contributed by atoms with Gasteiger partial charge >= 0.3 is 5.97 Å². The van der Waals surface area contributed by atoms with Crippen LogP contribution in [0, 0.1) is 0 Å². The topological polar surface area (TPSA) is 53.1 Å². The van der Waals surface area contributed by atoms with E-state index in [1.54, 1.807) is 0 Å². The molecule has 1 heterocycles. The fraction of sp³-hybridized carbons (Fsp3) is 0. The highest BCUT2D eigenvalue weighted by atomic mass is 35.5. The lowest BCUT2D eigenvalue weighted by atomic mass is 10.0. The zero-order valence-electron chi connectivity index (χ0n) is 9.85. The number of fused-ring (bicyclic) bond motifs is 1. The molecule has 0 amide bonds. The number of halogens is 1. The maximum Gasteiger partial charge on any atom is 0.337 e. The number of aromatic amines is 1. The first-order valence-electron chi connectivity index (χ1n) is 5.75. The van der Waals surface area contributed by atoms with Crippen molar-refractivity contribution in [2.24, 2.45) is 0 Å². The van der Waals surface area contributed by atoms with Gasteiger partial charge < -0.3 is 10.1 Å². The molecule has 3 rings (SSSR count). The van der Waals surface area contributed by atoms with Crippen molar-refractivity contribution in [3.63, 3.8) is 0 Å². The van der Waals surface area contributed by atoms with E-state index in [0.717, 1.165) is 16.6 Å². The predicted octanol–water partition coefficient (Wildman–Crippen LogP) is 4.19. The first-order chi connectivity index (χ1) is 9.15. The summed E-state index contributed by atoms with van der Waals surface area (Å²) in [5.41, 5.74) is 3.16. The molecule has 0 aliphatic rings. The number of carboxylic acid groups (broad SMARTS) is 1. The van der Waals surface area contributed by atoms with Crippen molar-refractivity contribution in [3.05, 3.63) is 59.2 Å². The quantitative estimate of drug-likeness (QED) is 0.734. The van der Waals surface area contributed by atoms with E-state index in [4.69, 9.17) is 16.7 Å². The Morgan fingerprint density at radius 2 is 1.74 bits per heavy atom. The number of hydrogen-bond donors (Lipinski definition) is 2. The minimum atomic E-state index is -0.925. The van der Waals surface area contributed by atoms with Crippen molar-refractivity contribution in [2.45, 2.75) is 0 Å². The number of rotatable bonds is 2. The van der Waals surface area contributed by atoms with Gasteiger partial charge in [0.05, 0.1) is 5.56 Å². The van der Waals surface area contributed by atoms with Crippen LogP contribution < -0.4 is 0 Å². The summed E-state index contributed by atoms with van der Waals surface area (Å²) in [5, 5.41) is 10.5. The average molecular weight is 272 g/mol. The molecule has 2 N–H and O–H groups in total. The monoisotopic (exact) mass is 271 g/mol. The molecule has 1 aromatic heterocycles. The summed E-state index contributed by atoms with van der Waals surface area (Å²) in [7, 11) is 0. The third kappa shape index (κ3) is 2.09. The lowest BCUT2D eigenvalue weighted by molar-refractivity contribution is 0.0699. The summed E-state index contributed by atoms with van der Waals surface area (Å²) in [6, 6.07) is 13.2. The summed E-state index contributed by atoms with van der Waals surface area (Å²) in [5.74, 6) is -0.925. The van der Waals surface area contributed by atoms with Crippen molar-refractivity contribution in [3.8, 4) is 11.1 Å². The maximum absolute atomic E-state index is 11.0. The first kappa shape index (κ1) is 11.8. The molecule has 0 spiro atoms. The molecule has 0 saturated carbocycles. The van der Waals surface area contributed by atoms with Crippen LogP contribution in [0.3, 0.4) is 0 Å². The first-order valence-corrected chi connectivity index (χ1v) is 6.13. The normalized spacial score (nSPS) is 10.8. The molecule has 4 heteroatoms. The second-order valence-corrected chi connectivity index (χ2v) is 4.71. The third-order valence-corrected chi connectivity index (χ3v) is 3.34. The van der Waals surface area contributed by atoms with E-state index in [-0.39, 0.29) is 5.56 Å². The molecule has 0 aliphatic heterocycles. The molecule has 2 aromatic carbocycles. The third-order valence-electron chi connectivity index (χ3n) is 3.09. The zero-order valence-corrected chi connectivity index (χ0v) is 10.6. The fourth-order valence-electron chi connectivity index (χ4n) is 2.13. The summed E-state index contributed by atoms with van der Waals surface area (Å²) in [4.78, 5) is 14.0. The highest BCUT2D eigenvalue weighted by Gasteiger charge is 2.10. The van der Waals surface area contributed by atoms with Gasteiger partial charge in [0, 0.05) is 22.1 Å². The number of hydrogen-bond acceptors (Lipinski definition) is 1. The van der Waals surface area contributed by atoms with Gasteiger partial charge in [-0.3, -0.25) is 0 Å². The molecule has 3 aromatic rings. The van der Waals surface area contributed by atoms with Crippen molar-refractivity contribution < 1.29 is 9.90 Å². The molecule has 0 atom stereocenters. The van der Waals surface area contributed by atoms with Crippen molar-refractivity contribution in [1.29, 1.82) is 0 Å². The van der Waals surface area contributed by atoms with Crippen LogP contribution in [0.4, 0.5) is 0 Å². The number of aromatic nitrogens is 1. The van der Waals surface area contributed by atoms with Crippen LogP contribution >= 0.6 is 11.6 Å². The second-order valence-electron chi connectivity index (χ2n) is 4.27. The maximum atomic E-state index is 11.0. The summed E-state index contributed by atoms with van der Waals surface area (Å²) < 4.78 is 0. The lowest BCUT2D eigenvalue weighted by Crippen LogP contribution is -1.93. The molecular formula is C15H10ClNO2. The van der Waals surface area contributed by atoms with Crippen molar-refractivity contribution >= 4 is 28.5 Å². The van der Waals surface area contributed by atoms with Gasteiger partial charge in [-0.15, -0.1) is 0 Å². The Bertz CT molecular complexity index is 759. The van der Waals surface area contributed by atoms with Gasteiger partial charge in [0.15, 0.2) is 0 Å². The molecule has 19 heavy (non-hydrogen) atoms. The van der Waals surface area contributed by atoms with Crippen LogP contribution in [0.1, 0.15) is 10.4 Å². The second kappa shape index (κ2) is 4.44. The molecule has 0 bridgehead atoms. The summed E-state index contributed by atoms with van der Waals surface area (Å²) >= 11 is 5.86. The summed E-state index contributed by atoms with van der Waals surface area (Å²) in [6.07, 6.45) is 1.51. The fourth-order valence-corrected chi connectivity index (χ4v) is 2.25. The van der Waals surface area contributed by atoms with E-state index in [9.17, 15) is 4.79 Å². The largest absolute Gasteiger partial charge is 0.478 e. The van der Waals surface area contributed by atoms with Crippen LogP contribution in [-0.4, -0.2) is 16.1 Å². The van der Waals surface area contributed by atoms with Crippen LogP contribution in [0.15, 0.2) is 48.7 Å². The number of nitrogens with one attached hydrogen (secondary N) is 1. The Balaban J connectivity index is 2.12. The van der Waals surface area contributed by atoms with Crippen LogP contribution in [0.2, 0.25) is 5.02 Å². The van der Waals surface area contributed by atoms with Crippen molar-refractivity contribution in [1.82, 2.24) is 4.98 Å². The van der Waals surface area contributed by atoms with E-state index in [2.05, 4.69) is 4.98 Å². The predicted molar refractivity (Wildman–Crippen MR) is 75.7 cm³/mol. The standard InChI is InChI=1S/C15H10ClNO2/c16-11-4-1-9(2-5-11)10-3-6-12-13(15(18)19)8-17-14(12)7-10/h1-8,17H,(H,18,19). The Labute approximate surface area is 114 Å². The van der Waals surface area contributed by atoms with Crippen LogP contribution in [-0.2, 0) is 0 Å². The highest BCUT2D eigenvalue weighted by Crippen LogP contribution is 2.26. The lowest BCUT2D eigenvalue weighted by Gasteiger charge is -2.02. The number of carboxylic acids is 1. The zero-order chi connectivity index (χ0) is 13.4. The Hall–Kier alpha value is -2.26. The van der Waals surface area contributed by atoms with Gasteiger partial charge in [0.2, 0.25) is 0 Å². The van der Waals surface area contributed by atoms with Crippen LogP contribution in [0.25, 0.3) is 22.0 Å². The van der Waals surface area contributed by atoms with E-state index in [0.29, 0.717) is 10.4 Å². The molecule has 0 fully saturated rings. The molecule has 3 nitrogen and oxygen atoms in total. The van der Waals surface area contributed by atoms with Gasteiger partial charge in [-0.1, -0.05) is 35.9 Å². The Morgan fingerprint density at radius 1 is 1.05 bits per heavy atom. The Kier molecular flexibility index (Phi) is 2.76. The van der Waals surface area contributed by atoms with Gasteiger partial charge in [0.25, 0.3) is 0 Å². The number of aromatic carboxylic acids is 1. The number of carbonyl (C=O) groups is 1. The number of H-pyrrole nitrogens is 1. The van der Waals surface area contributed by atoms with Gasteiger partial charge in [-0.05, 0) is 29.3 Å². The molecule has 0 saturated heterocycles. The molecular weight excluding hydrogens is 262 g/mol. The highest BCUT2D eigenvalue weighted by molar-refractivity contribution is 6.30. The van der Waals surface area contributed by atoms with Gasteiger partial charge in [0.1, 0.15) is 0 Å². The van der Waals surface area contributed by atoms with E-state index >= 15 is 0 Å². The Morgan fingerprint density at radius 3 is 2.42 bits per heavy atom. The van der Waals surface area contributed by atoms with Crippen molar-refractivity contribution in [2.75, 3.05) is 0 Å². The van der Waals surface area contributed by atoms with E-state index in [1.807, 2.05) is 42.5 Å². The van der Waals surface area contributed by atoms with E-state index in [1.165, 1.54) is 6.20 Å². The van der Waals surface area contributed by atoms with Gasteiger partial charge in [-0.2, -0.15) is 0 Å². The SMILES string of the molecule is O=C(O)c1c[nH]c2cc(-c3ccc(Cl)cc3)ccc12. The summed E-state index contributed by atoms with van der Waals surface area (Å²) in [6.45, 7) is 0. The van der Waals surface area contributed by atoms with E-state index < -0.39 is 5.97 Å². The number of benzene rings is 2. The molecule has 0 aliphatic carbocycles. The average Bonchev–Trinajstić information content (AvgIpc) is 2.82. The minimum Gasteiger partial charge on any atom is -0.478 e. The smallest absolute Gasteiger partial charge is 0.337 e. The molecule has 94 valence electrons. The molecule has 0 unspecified atom stereocenters. The molecule has 0 radical (unpaired) electrons. The minimum absolute atomic E-state index is 0.289. The van der Waals surface area contributed by atoms with Gasteiger partial charge in [-0.25, -0.2) is 4.79 Å².